The number of nitrogens with one attached hydrogen (secondary N) is 2. The molecule has 1 fully saturated rings. The SMILES string of the molecule is CNCCc1cc(OC)ccc1S(=O)(=O)NCC1(C)CC1. The predicted octanol–water partition coefficient (Wildman–Crippen LogP) is 1.54. The molecule has 0 unspecified atom stereocenters. The lowest BCUT2D eigenvalue weighted by molar-refractivity contribution is 0.413. The van der Waals surface area contributed by atoms with Crippen molar-refractivity contribution in [2.24, 2.45) is 5.41 Å². The van der Waals surface area contributed by atoms with Gasteiger partial charge in [0.25, 0.3) is 0 Å². The summed E-state index contributed by atoms with van der Waals surface area (Å²) in [6.45, 7) is 3.33. The first-order valence-corrected chi connectivity index (χ1v) is 8.70. The van der Waals surface area contributed by atoms with Gasteiger partial charge < -0.3 is 10.1 Å². The normalized spacial score (nSPS) is 16.7. The molecule has 0 atom stereocenters. The summed E-state index contributed by atoms with van der Waals surface area (Å²) in [7, 11) is -0.0442. The van der Waals surface area contributed by atoms with Gasteiger partial charge in [0.15, 0.2) is 0 Å². The van der Waals surface area contributed by atoms with Crippen LogP contribution in [0.1, 0.15) is 25.3 Å². The second-order valence-corrected chi connectivity index (χ2v) is 7.70. The minimum Gasteiger partial charge on any atom is -0.497 e. The number of rotatable bonds is 8. The molecule has 118 valence electrons. The van der Waals surface area contributed by atoms with Gasteiger partial charge in [0, 0.05) is 6.54 Å². The highest BCUT2D eigenvalue weighted by atomic mass is 32.2. The number of likely N-dealkylation sites (N-methyl/N-ethyl adjacent to an activating group) is 1. The first-order valence-electron chi connectivity index (χ1n) is 7.21. The number of sulfonamides is 1. The third-order valence-electron chi connectivity index (χ3n) is 3.99. The van der Waals surface area contributed by atoms with E-state index in [0.29, 0.717) is 30.2 Å². The summed E-state index contributed by atoms with van der Waals surface area (Å²) >= 11 is 0. The molecule has 5 nitrogen and oxygen atoms in total. The zero-order chi connectivity index (χ0) is 15.5. The fourth-order valence-electron chi connectivity index (χ4n) is 2.14. The summed E-state index contributed by atoms with van der Waals surface area (Å²) in [6.07, 6.45) is 2.82. The van der Waals surface area contributed by atoms with E-state index in [-0.39, 0.29) is 5.41 Å². The molecule has 0 aromatic heterocycles. The van der Waals surface area contributed by atoms with Crippen LogP contribution >= 0.6 is 0 Å². The van der Waals surface area contributed by atoms with Crippen LogP contribution < -0.4 is 14.8 Å². The van der Waals surface area contributed by atoms with Gasteiger partial charge in [0.05, 0.1) is 12.0 Å². The van der Waals surface area contributed by atoms with Crippen molar-refractivity contribution in [1.29, 1.82) is 0 Å². The molecule has 1 aliphatic carbocycles. The Balaban J connectivity index is 2.22. The molecule has 0 radical (unpaired) electrons. The van der Waals surface area contributed by atoms with Crippen LogP contribution in [0.5, 0.6) is 5.75 Å². The Hall–Kier alpha value is -1.11. The van der Waals surface area contributed by atoms with Crippen molar-refractivity contribution in [3.8, 4) is 5.75 Å². The summed E-state index contributed by atoms with van der Waals surface area (Å²) in [6, 6.07) is 5.11. The number of ether oxygens (including phenoxy) is 1. The summed E-state index contributed by atoms with van der Waals surface area (Å²) in [5.74, 6) is 0.675. The van der Waals surface area contributed by atoms with Crippen LogP contribution in [0, 0.1) is 5.41 Å². The molecule has 0 saturated heterocycles. The Kier molecular flexibility index (Phi) is 4.91. The molecule has 21 heavy (non-hydrogen) atoms. The van der Waals surface area contributed by atoms with Gasteiger partial charge in [0.2, 0.25) is 10.0 Å². The predicted molar refractivity (Wildman–Crippen MR) is 83.2 cm³/mol. The van der Waals surface area contributed by atoms with E-state index in [4.69, 9.17) is 4.74 Å². The van der Waals surface area contributed by atoms with E-state index in [9.17, 15) is 8.42 Å². The third-order valence-corrected chi connectivity index (χ3v) is 5.50. The van der Waals surface area contributed by atoms with Crippen molar-refractivity contribution in [3.63, 3.8) is 0 Å². The standard InChI is InChI=1S/C15H24N2O3S/c1-15(7-8-15)11-17-21(18,19)14-5-4-13(20-3)10-12(14)6-9-16-2/h4-5,10,16-17H,6-9,11H2,1-3H3. The van der Waals surface area contributed by atoms with E-state index >= 15 is 0 Å². The lowest BCUT2D eigenvalue weighted by Gasteiger charge is -2.15. The highest BCUT2D eigenvalue weighted by molar-refractivity contribution is 7.89. The van der Waals surface area contributed by atoms with Crippen LogP contribution in [0.2, 0.25) is 0 Å². The molecule has 0 bridgehead atoms. The molecular weight excluding hydrogens is 288 g/mol. The molecule has 1 aromatic carbocycles. The van der Waals surface area contributed by atoms with Crippen molar-refractivity contribution in [1.82, 2.24) is 10.0 Å². The second kappa shape index (κ2) is 6.34. The van der Waals surface area contributed by atoms with Crippen molar-refractivity contribution in [3.05, 3.63) is 23.8 Å². The smallest absolute Gasteiger partial charge is 0.240 e. The Labute approximate surface area is 127 Å². The molecule has 0 heterocycles. The highest BCUT2D eigenvalue weighted by Crippen LogP contribution is 2.44. The lowest BCUT2D eigenvalue weighted by atomic mass is 10.1. The van der Waals surface area contributed by atoms with E-state index in [1.807, 2.05) is 7.05 Å². The summed E-state index contributed by atoms with van der Waals surface area (Å²) in [4.78, 5) is 0.350. The van der Waals surface area contributed by atoms with Gasteiger partial charge in [-0.05, 0) is 62.0 Å². The molecule has 1 aliphatic rings. The topological polar surface area (TPSA) is 67.4 Å². The van der Waals surface area contributed by atoms with Crippen molar-refractivity contribution < 1.29 is 13.2 Å². The second-order valence-electron chi connectivity index (χ2n) is 5.96. The molecule has 0 amide bonds. The maximum atomic E-state index is 12.5. The average molecular weight is 312 g/mol. The van der Waals surface area contributed by atoms with Gasteiger partial charge in [-0.3, -0.25) is 0 Å². The van der Waals surface area contributed by atoms with E-state index in [1.165, 1.54) is 0 Å². The van der Waals surface area contributed by atoms with Crippen LogP contribution in [0.15, 0.2) is 23.1 Å². The summed E-state index contributed by atoms with van der Waals surface area (Å²) in [5.41, 5.74) is 0.919. The molecule has 2 N–H and O–H groups in total. The van der Waals surface area contributed by atoms with Gasteiger partial charge in [-0.25, -0.2) is 13.1 Å². The minimum atomic E-state index is -3.47. The van der Waals surface area contributed by atoms with Crippen LogP contribution in [0.25, 0.3) is 0 Å². The Bertz CT molecular complexity index is 595. The Morgan fingerprint density at radius 2 is 2.05 bits per heavy atom. The average Bonchev–Trinajstić information content (AvgIpc) is 3.21. The zero-order valence-electron chi connectivity index (χ0n) is 12.9. The first-order chi connectivity index (χ1) is 9.90. The van der Waals surface area contributed by atoms with Gasteiger partial charge in [-0.2, -0.15) is 0 Å². The highest BCUT2D eigenvalue weighted by Gasteiger charge is 2.38. The first kappa shape index (κ1) is 16.3. The maximum Gasteiger partial charge on any atom is 0.240 e. The van der Waals surface area contributed by atoms with Crippen molar-refractivity contribution in [2.45, 2.75) is 31.1 Å². The molecule has 0 spiro atoms. The zero-order valence-corrected chi connectivity index (χ0v) is 13.7. The van der Waals surface area contributed by atoms with Crippen LogP contribution in [0.4, 0.5) is 0 Å². The quantitative estimate of drug-likeness (QED) is 0.764. The molecule has 1 aromatic rings. The van der Waals surface area contributed by atoms with Crippen LogP contribution in [-0.2, 0) is 16.4 Å². The van der Waals surface area contributed by atoms with Gasteiger partial charge in [-0.15, -0.1) is 0 Å². The van der Waals surface area contributed by atoms with E-state index < -0.39 is 10.0 Å². The molecule has 2 rings (SSSR count). The van der Waals surface area contributed by atoms with E-state index in [1.54, 1.807) is 25.3 Å². The minimum absolute atomic E-state index is 0.144. The number of hydrogen-bond acceptors (Lipinski definition) is 4. The lowest BCUT2D eigenvalue weighted by Crippen LogP contribution is -2.30. The van der Waals surface area contributed by atoms with Gasteiger partial charge in [0.1, 0.15) is 5.75 Å². The largest absolute Gasteiger partial charge is 0.497 e. The monoisotopic (exact) mass is 312 g/mol. The molecule has 0 aliphatic heterocycles. The van der Waals surface area contributed by atoms with Gasteiger partial charge in [-0.1, -0.05) is 6.92 Å². The van der Waals surface area contributed by atoms with Crippen LogP contribution in [-0.4, -0.2) is 35.7 Å². The molecular formula is C15H24N2O3S. The number of hydrogen-bond donors (Lipinski definition) is 2. The number of benzene rings is 1. The Morgan fingerprint density at radius 1 is 1.33 bits per heavy atom. The summed E-state index contributed by atoms with van der Waals surface area (Å²) in [5, 5.41) is 3.04. The Morgan fingerprint density at radius 3 is 2.62 bits per heavy atom. The van der Waals surface area contributed by atoms with Crippen LogP contribution in [0.3, 0.4) is 0 Å². The number of methoxy groups -OCH3 is 1. The summed E-state index contributed by atoms with van der Waals surface area (Å²) < 4.78 is 33.0. The van der Waals surface area contributed by atoms with Gasteiger partial charge >= 0.3 is 0 Å². The maximum absolute atomic E-state index is 12.5. The van der Waals surface area contributed by atoms with E-state index in [2.05, 4.69) is 17.0 Å². The molecule has 1 saturated carbocycles. The van der Waals surface area contributed by atoms with Crippen molar-refractivity contribution >= 4 is 10.0 Å². The van der Waals surface area contributed by atoms with E-state index in [0.717, 1.165) is 18.4 Å². The molecule has 6 heteroatoms. The third kappa shape index (κ3) is 4.18. The fourth-order valence-corrected chi connectivity index (χ4v) is 3.58. The van der Waals surface area contributed by atoms with Crippen molar-refractivity contribution in [2.75, 3.05) is 27.2 Å². The fraction of sp³-hybridized carbons (Fsp3) is 0.600.